The summed E-state index contributed by atoms with van der Waals surface area (Å²) in [4.78, 5) is 10.4. The van der Waals surface area contributed by atoms with Crippen molar-refractivity contribution in [3.05, 3.63) is 60.8 Å². The number of hydrogen-bond donors (Lipinski definition) is 1. The molecule has 0 radical (unpaired) electrons. The molecule has 2 heteroatoms. The lowest BCUT2D eigenvalue weighted by molar-refractivity contribution is -0.137. The van der Waals surface area contributed by atoms with Gasteiger partial charge in [-0.05, 0) is 44.9 Å². The predicted molar refractivity (Wildman–Crippen MR) is 114 cm³/mol. The quantitative estimate of drug-likeness (QED) is 0.165. The van der Waals surface area contributed by atoms with E-state index in [-0.39, 0.29) is 0 Å². The van der Waals surface area contributed by atoms with Gasteiger partial charge >= 0.3 is 5.97 Å². The Balaban J connectivity index is 3.46. The SMILES string of the molecule is CCCCC/C=C/C/C=C/C/C=C/C=C/C=C/CCCCCCC(=O)O. The molecule has 0 spiro atoms. The van der Waals surface area contributed by atoms with E-state index in [9.17, 15) is 4.79 Å². The second-order valence-corrected chi connectivity index (χ2v) is 6.50. The summed E-state index contributed by atoms with van der Waals surface area (Å²) in [6, 6.07) is 0. The number of aliphatic carboxylic acids is 1. The molecule has 0 unspecified atom stereocenters. The number of rotatable bonds is 17. The molecule has 0 aromatic carbocycles. The van der Waals surface area contributed by atoms with Gasteiger partial charge in [0.25, 0.3) is 0 Å². The summed E-state index contributed by atoms with van der Waals surface area (Å²) in [5.74, 6) is -0.687. The fraction of sp³-hybridized carbons (Fsp3) is 0.542. The number of allylic oxidation sites excluding steroid dienone is 10. The average Bonchev–Trinajstić information content (AvgIpc) is 2.62. The zero-order valence-electron chi connectivity index (χ0n) is 16.6. The molecular weight excluding hydrogens is 320 g/mol. The van der Waals surface area contributed by atoms with Gasteiger partial charge in [0.05, 0.1) is 0 Å². The Morgan fingerprint density at radius 3 is 1.96 bits per heavy atom. The normalized spacial score (nSPS) is 12.7. The van der Waals surface area contributed by atoms with E-state index in [2.05, 4.69) is 67.7 Å². The van der Waals surface area contributed by atoms with E-state index in [1.807, 2.05) is 0 Å². The van der Waals surface area contributed by atoms with E-state index in [1.165, 1.54) is 25.7 Å². The molecule has 1 N–H and O–H groups in total. The van der Waals surface area contributed by atoms with Gasteiger partial charge in [0.1, 0.15) is 0 Å². The summed E-state index contributed by atoms with van der Waals surface area (Å²) in [6.07, 6.45) is 34.2. The maximum absolute atomic E-state index is 10.4. The van der Waals surface area contributed by atoms with Gasteiger partial charge in [-0.1, -0.05) is 93.4 Å². The van der Waals surface area contributed by atoms with E-state index < -0.39 is 5.97 Å². The number of carboxylic acid groups (broad SMARTS) is 1. The highest BCUT2D eigenvalue weighted by Crippen LogP contribution is 2.06. The standard InChI is InChI=1S/C24H38O2/c1-2-3-4-5-6-7-8-9-10-11-12-13-14-15-16-17-18-19-20-21-22-23-24(25)26/h6-7,9-10,12-17H,2-5,8,11,18-23H2,1H3,(H,25,26)/b7-6+,10-9+,13-12+,15-14+,17-16+. The molecule has 0 rings (SSSR count). The molecule has 2 nitrogen and oxygen atoms in total. The predicted octanol–water partition coefficient (Wildman–Crippen LogP) is 7.55. The molecule has 0 aliphatic carbocycles. The summed E-state index contributed by atoms with van der Waals surface area (Å²) in [6.45, 7) is 2.24. The first-order valence-electron chi connectivity index (χ1n) is 10.3. The Labute approximate surface area is 161 Å². The van der Waals surface area contributed by atoms with Gasteiger partial charge in [0.2, 0.25) is 0 Å². The average molecular weight is 359 g/mol. The van der Waals surface area contributed by atoms with Gasteiger partial charge in [0, 0.05) is 6.42 Å². The third-order valence-electron chi connectivity index (χ3n) is 3.97. The first kappa shape index (κ1) is 24.2. The van der Waals surface area contributed by atoms with Crippen molar-refractivity contribution in [1.29, 1.82) is 0 Å². The molecule has 0 aromatic heterocycles. The molecule has 0 bridgehead atoms. The molecule has 146 valence electrons. The lowest BCUT2D eigenvalue weighted by atomic mass is 10.1. The van der Waals surface area contributed by atoms with Crippen molar-refractivity contribution in [1.82, 2.24) is 0 Å². The van der Waals surface area contributed by atoms with Crippen LogP contribution in [0.5, 0.6) is 0 Å². The smallest absolute Gasteiger partial charge is 0.303 e. The molecule has 0 aromatic rings. The highest BCUT2D eigenvalue weighted by atomic mass is 16.4. The van der Waals surface area contributed by atoms with Crippen LogP contribution in [0.25, 0.3) is 0 Å². The van der Waals surface area contributed by atoms with Crippen LogP contribution in [0.3, 0.4) is 0 Å². The Hall–Kier alpha value is -1.83. The van der Waals surface area contributed by atoms with Crippen molar-refractivity contribution in [2.75, 3.05) is 0 Å². The summed E-state index contributed by atoms with van der Waals surface area (Å²) in [5, 5.41) is 8.54. The van der Waals surface area contributed by atoms with Crippen LogP contribution in [-0.2, 0) is 4.79 Å². The number of hydrogen-bond acceptors (Lipinski definition) is 1. The van der Waals surface area contributed by atoms with Crippen LogP contribution in [0.1, 0.15) is 84.0 Å². The summed E-state index contributed by atoms with van der Waals surface area (Å²) < 4.78 is 0. The summed E-state index contributed by atoms with van der Waals surface area (Å²) >= 11 is 0. The summed E-state index contributed by atoms with van der Waals surface area (Å²) in [5.41, 5.74) is 0. The maximum Gasteiger partial charge on any atom is 0.303 e. The van der Waals surface area contributed by atoms with Crippen LogP contribution in [0, 0.1) is 0 Å². The van der Waals surface area contributed by atoms with Crippen LogP contribution in [0.15, 0.2) is 60.8 Å². The van der Waals surface area contributed by atoms with Crippen LogP contribution >= 0.6 is 0 Å². The second kappa shape index (κ2) is 21.2. The number of carboxylic acids is 1. The van der Waals surface area contributed by atoms with Crippen molar-refractivity contribution in [2.45, 2.75) is 84.0 Å². The van der Waals surface area contributed by atoms with Gasteiger partial charge in [-0.3, -0.25) is 4.79 Å². The highest BCUT2D eigenvalue weighted by molar-refractivity contribution is 5.66. The minimum absolute atomic E-state index is 0.301. The largest absolute Gasteiger partial charge is 0.481 e. The van der Waals surface area contributed by atoms with Gasteiger partial charge in [-0.15, -0.1) is 0 Å². The molecule has 0 aliphatic rings. The fourth-order valence-electron chi connectivity index (χ4n) is 2.43. The first-order chi connectivity index (χ1) is 12.8. The van der Waals surface area contributed by atoms with Gasteiger partial charge < -0.3 is 5.11 Å². The second-order valence-electron chi connectivity index (χ2n) is 6.50. The van der Waals surface area contributed by atoms with E-state index >= 15 is 0 Å². The van der Waals surface area contributed by atoms with Crippen molar-refractivity contribution in [3.8, 4) is 0 Å². The van der Waals surface area contributed by atoms with Crippen LogP contribution < -0.4 is 0 Å². The Morgan fingerprint density at radius 2 is 1.23 bits per heavy atom. The lowest BCUT2D eigenvalue weighted by Crippen LogP contribution is -1.93. The molecule has 0 amide bonds. The molecule has 0 saturated heterocycles. The third-order valence-corrected chi connectivity index (χ3v) is 3.97. The fourth-order valence-corrected chi connectivity index (χ4v) is 2.43. The minimum atomic E-state index is -0.687. The highest BCUT2D eigenvalue weighted by Gasteiger charge is 1.95. The van der Waals surface area contributed by atoms with Gasteiger partial charge in [-0.25, -0.2) is 0 Å². The minimum Gasteiger partial charge on any atom is -0.481 e. The molecule has 26 heavy (non-hydrogen) atoms. The van der Waals surface area contributed by atoms with Crippen molar-refractivity contribution < 1.29 is 9.90 Å². The third kappa shape index (κ3) is 22.2. The van der Waals surface area contributed by atoms with Crippen LogP contribution in [0.4, 0.5) is 0 Å². The molecule has 0 aliphatic heterocycles. The summed E-state index contributed by atoms with van der Waals surface area (Å²) in [7, 11) is 0. The van der Waals surface area contributed by atoms with E-state index in [0.717, 1.165) is 44.9 Å². The Morgan fingerprint density at radius 1 is 0.654 bits per heavy atom. The first-order valence-corrected chi connectivity index (χ1v) is 10.3. The topological polar surface area (TPSA) is 37.3 Å². The van der Waals surface area contributed by atoms with Gasteiger partial charge in [0.15, 0.2) is 0 Å². The van der Waals surface area contributed by atoms with Crippen molar-refractivity contribution in [3.63, 3.8) is 0 Å². The maximum atomic E-state index is 10.4. The van der Waals surface area contributed by atoms with E-state index in [4.69, 9.17) is 5.11 Å². The lowest BCUT2D eigenvalue weighted by Gasteiger charge is -1.96. The van der Waals surface area contributed by atoms with Gasteiger partial charge in [-0.2, -0.15) is 0 Å². The number of unbranched alkanes of at least 4 members (excludes halogenated alkanes) is 7. The molecular formula is C24H38O2. The number of carbonyl (C=O) groups is 1. The Kier molecular flexibility index (Phi) is 19.7. The van der Waals surface area contributed by atoms with Crippen molar-refractivity contribution >= 4 is 5.97 Å². The van der Waals surface area contributed by atoms with Crippen molar-refractivity contribution in [2.24, 2.45) is 0 Å². The molecule has 0 heterocycles. The van der Waals surface area contributed by atoms with Crippen LogP contribution in [0.2, 0.25) is 0 Å². The zero-order valence-corrected chi connectivity index (χ0v) is 16.6. The van der Waals surface area contributed by atoms with E-state index in [1.54, 1.807) is 0 Å². The zero-order chi connectivity index (χ0) is 19.1. The molecule has 0 fully saturated rings. The van der Waals surface area contributed by atoms with E-state index in [0.29, 0.717) is 6.42 Å². The Bertz CT molecular complexity index is 453. The molecule has 0 saturated carbocycles. The van der Waals surface area contributed by atoms with Crippen LogP contribution in [-0.4, -0.2) is 11.1 Å². The monoisotopic (exact) mass is 358 g/mol. The molecule has 0 atom stereocenters.